The molecule has 0 radical (unpaired) electrons. The van der Waals surface area contributed by atoms with Gasteiger partial charge < -0.3 is 43.5 Å². The van der Waals surface area contributed by atoms with Gasteiger partial charge in [0.25, 0.3) is 0 Å². The highest BCUT2D eigenvalue weighted by atomic mass is 19.4. The number of piperidine rings is 1. The number of carboxylic acids is 1. The number of ether oxygens (including phenoxy) is 6. The number of methoxy groups -OCH3 is 1. The molecule has 15 nitrogen and oxygen atoms in total. The number of rotatable bonds is 10. The predicted octanol–water partition coefficient (Wildman–Crippen LogP) is 2.50. The van der Waals surface area contributed by atoms with Gasteiger partial charge in [-0.1, -0.05) is 36.4 Å². The van der Waals surface area contributed by atoms with Crippen molar-refractivity contribution in [3.8, 4) is 11.5 Å². The van der Waals surface area contributed by atoms with Gasteiger partial charge in [0.1, 0.15) is 5.76 Å². The van der Waals surface area contributed by atoms with E-state index in [1.165, 1.54) is 37.5 Å². The molecular formula is C36H36F3NO14. The Hall–Kier alpha value is -5.49. The smallest absolute Gasteiger partial charge is 0.446 e. The summed E-state index contributed by atoms with van der Waals surface area (Å²) in [4.78, 5) is 74.5. The van der Waals surface area contributed by atoms with E-state index in [4.69, 9.17) is 33.2 Å². The second-order valence-corrected chi connectivity index (χ2v) is 13.0. The van der Waals surface area contributed by atoms with Crippen LogP contribution in [0.2, 0.25) is 0 Å². The summed E-state index contributed by atoms with van der Waals surface area (Å²) >= 11 is 0. The van der Waals surface area contributed by atoms with Crippen molar-refractivity contribution in [2.75, 3.05) is 20.7 Å². The third-order valence-electron chi connectivity index (χ3n) is 9.80. The van der Waals surface area contributed by atoms with Gasteiger partial charge in [-0.05, 0) is 44.1 Å². The zero-order valence-electron chi connectivity index (χ0n) is 29.3. The Kier molecular flexibility index (Phi) is 11.1. The fraction of sp³-hybridized carbons (Fsp3) is 0.444. The number of aldehydes is 1. The van der Waals surface area contributed by atoms with Crippen molar-refractivity contribution in [2.45, 2.75) is 80.8 Å². The van der Waals surface area contributed by atoms with Crippen molar-refractivity contribution in [2.24, 2.45) is 0 Å². The maximum atomic E-state index is 13.9. The van der Waals surface area contributed by atoms with E-state index in [-0.39, 0.29) is 23.8 Å². The number of aliphatic hydroxyl groups is 1. The molecule has 2 aliphatic heterocycles. The summed E-state index contributed by atoms with van der Waals surface area (Å²) in [6.07, 6.45) is -10.4. The molecule has 2 aromatic carbocycles. The fourth-order valence-electron chi connectivity index (χ4n) is 7.66. The summed E-state index contributed by atoms with van der Waals surface area (Å²) < 4.78 is 64.6. The lowest BCUT2D eigenvalue weighted by molar-refractivity contribution is -0.195. The lowest BCUT2D eigenvalue weighted by Crippen LogP contribution is -2.74. The summed E-state index contributed by atoms with van der Waals surface area (Å²) in [5.74, 6) is -5.58. The minimum atomic E-state index is -4.64. The number of halogens is 3. The minimum Gasteiger partial charge on any atom is -0.493 e. The third kappa shape index (κ3) is 7.22. The number of aliphatic carboxylic acids is 1. The fourth-order valence-corrected chi connectivity index (χ4v) is 7.66. The number of alkyl halides is 3. The second kappa shape index (κ2) is 15.1. The van der Waals surface area contributed by atoms with Crippen LogP contribution in [-0.2, 0) is 59.6 Å². The predicted molar refractivity (Wildman–Crippen MR) is 174 cm³/mol. The number of likely N-dealkylation sites (tertiary alicyclic amines) is 1. The van der Waals surface area contributed by atoms with Crippen LogP contribution in [0.25, 0.3) is 0 Å². The Balaban J connectivity index is 0.000000864. The van der Waals surface area contributed by atoms with Gasteiger partial charge in [0.05, 0.1) is 18.1 Å². The molecule has 2 aromatic rings. The normalized spacial score (nSPS) is 25.0. The van der Waals surface area contributed by atoms with Crippen molar-refractivity contribution >= 4 is 36.1 Å². The summed E-state index contributed by atoms with van der Waals surface area (Å²) in [5.41, 5.74) is -0.528. The maximum Gasteiger partial charge on any atom is 0.446 e. The first kappa shape index (κ1) is 39.7. The molecule has 1 fully saturated rings. The van der Waals surface area contributed by atoms with E-state index in [9.17, 15) is 47.4 Å². The lowest BCUT2D eigenvalue weighted by Gasteiger charge is -2.61. The van der Waals surface area contributed by atoms with Crippen LogP contribution in [0.4, 0.5) is 13.2 Å². The Morgan fingerprint density at radius 3 is 2.15 bits per heavy atom. The highest BCUT2D eigenvalue weighted by molar-refractivity contribution is 5.90. The number of carbonyl (C=O) groups is 6. The Bertz CT molecular complexity index is 1870. The van der Waals surface area contributed by atoms with E-state index in [2.05, 4.69) is 4.90 Å². The number of carboxylic acid groups (broad SMARTS) is 1. The van der Waals surface area contributed by atoms with Crippen LogP contribution in [0.3, 0.4) is 0 Å². The molecule has 1 saturated heterocycles. The van der Waals surface area contributed by atoms with Gasteiger partial charge in [0, 0.05) is 37.4 Å². The molecule has 0 unspecified atom stereocenters. The summed E-state index contributed by atoms with van der Waals surface area (Å²) in [5, 5.41) is 22.2. The van der Waals surface area contributed by atoms with Crippen LogP contribution in [0, 0.1) is 0 Å². The van der Waals surface area contributed by atoms with E-state index < -0.39 is 77.7 Å². The minimum absolute atomic E-state index is 0.0149. The van der Waals surface area contributed by atoms with E-state index in [0.29, 0.717) is 30.9 Å². The van der Waals surface area contributed by atoms with E-state index in [1.54, 1.807) is 12.1 Å². The molecule has 2 N–H and O–H groups in total. The molecule has 0 saturated carbocycles. The lowest BCUT2D eigenvalue weighted by atomic mass is 9.50. The van der Waals surface area contributed by atoms with Crippen LogP contribution in [-0.4, -0.2) is 108 Å². The molecule has 2 aliphatic carbocycles. The van der Waals surface area contributed by atoms with Crippen LogP contribution >= 0.6 is 0 Å². The van der Waals surface area contributed by atoms with Gasteiger partial charge in [-0.3, -0.25) is 14.4 Å². The maximum absolute atomic E-state index is 13.9. The largest absolute Gasteiger partial charge is 0.493 e. The number of benzene rings is 2. The standard InChI is InChI=1S/C34H35NO13.C2HF3O/c1-17(36)44-27(28(45-18(2)37)32(41)48-25(30(38)39)19-8-6-5-7-9-19)31(40)46-22-12-13-34(42)23-16-20-10-11-21(43-4)26-24(20)33(34,29(22)47-26)14-15-35(23)3;3-2(4,5)1-6/h5-12,23,25,27-29,42H,13-16H2,1-4H3,(H,38,39);1H/t23-,25+,27-,28-,29+,33+,34-;/m1./s1. The topological polar surface area (TPSA) is 202 Å². The molecule has 2 bridgehead atoms. The van der Waals surface area contributed by atoms with Crippen molar-refractivity contribution < 1.29 is 80.6 Å². The summed E-state index contributed by atoms with van der Waals surface area (Å²) in [7, 11) is 3.44. The SMILES string of the molecule is COc1ccc2c3c1O[C@H]1C(OC(=O)[C@H](OC(C)=O)[C@@H](OC(C)=O)C(=O)O[C@H](C(=O)O)c4ccccc4)=CC[C@@]4(O)[C@@H](C2)N(C)CC[C@]314.O=CC(F)(F)F. The van der Waals surface area contributed by atoms with Crippen molar-refractivity contribution in [1.29, 1.82) is 0 Å². The van der Waals surface area contributed by atoms with Gasteiger partial charge >= 0.3 is 36.0 Å². The zero-order valence-corrected chi connectivity index (χ0v) is 29.3. The molecule has 1 spiro atoms. The molecule has 0 amide bonds. The molecule has 290 valence electrons. The number of nitrogens with zero attached hydrogens (tertiary/aromatic N) is 1. The van der Waals surface area contributed by atoms with Gasteiger partial charge in [-0.25, -0.2) is 14.4 Å². The monoisotopic (exact) mass is 763 g/mol. The van der Waals surface area contributed by atoms with Crippen molar-refractivity contribution in [3.63, 3.8) is 0 Å². The Labute approximate surface area is 305 Å². The number of likely N-dealkylation sites (N-methyl/N-ethyl adjacent to an activating group) is 1. The molecule has 4 aliphatic rings. The highest BCUT2D eigenvalue weighted by Gasteiger charge is 2.72. The highest BCUT2D eigenvalue weighted by Crippen LogP contribution is 2.65. The number of hydrogen-bond donors (Lipinski definition) is 2. The van der Waals surface area contributed by atoms with Gasteiger partial charge in [0.15, 0.2) is 17.6 Å². The van der Waals surface area contributed by atoms with Gasteiger partial charge in [-0.15, -0.1) is 0 Å². The number of esters is 4. The van der Waals surface area contributed by atoms with Crippen molar-refractivity contribution in [1.82, 2.24) is 4.90 Å². The second-order valence-electron chi connectivity index (χ2n) is 13.0. The Morgan fingerprint density at radius 2 is 1.59 bits per heavy atom. The average molecular weight is 764 g/mol. The van der Waals surface area contributed by atoms with Crippen molar-refractivity contribution in [3.05, 3.63) is 71.0 Å². The first-order chi connectivity index (χ1) is 25.4. The molecule has 0 aromatic heterocycles. The molecule has 18 heteroatoms. The molecule has 6 rings (SSSR count). The summed E-state index contributed by atoms with van der Waals surface area (Å²) in [6, 6.07) is 10.9. The van der Waals surface area contributed by atoms with E-state index in [0.717, 1.165) is 25.0 Å². The quantitative estimate of drug-likeness (QED) is 0.203. The molecular weight excluding hydrogens is 727 g/mol. The summed E-state index contributed by atoms with van der Waals surface area (Å²) in [6.45, 7) is 2.51. The van der Waals surface area contributed by atoms with Crippen LogP contribution in [0.15, 0.2) is 54.3 Å². The number of carbonyl (C=O) groups excluding carboxylic acids is 5. The molecule has 7 atom stereocenters. The zero-order chi connectivity index (χ0) is 39.7. The van der Waals surface area contributed by atoms with Gasteiger partial charge in [-0.2, -0.15) is 13.2 Å². The number of hydrogen-bond acceptors (Lipinski definition) is 14. The van der Waals surface area contributed by atoms with E-state index >= 15 is 0 Å². The molecule has 2 heterocycles. The average Bonchev–Trinajstić information content (AvgIpc) is 3.47. The molecule has 54 heavy (non-hydrogen) atoms. The van der Waals surface area contributed by atoms with Crippen LogP contribution < -0.4 is 9.47 Å². The van der Waals surface area contributed by atoms with Gasteiger partial charge in [0.2, 0.25) is 24.6 Å². The van der Waals surface area contributed by atoms with E-state index in [1.807, 2.05) is 13.1 Å². The third-order valence-corrected chi connectivity index (χ3v) is 9.80. The first-order valence-corrected chi connectivity index (χ1v) is 16.5. The first-order valence-electron chi connectivity index (χ1n) is 16.5. The van der Waals surface area contributed by atoms with Crippen LogP contribution in [0.5, 0.6) is 11.5 Å². The van der Waals surface area contributed by atoms with Crippen LogP contribution in [0.1, 0.15) is 49.5 Å². The Morgan fingerprint density at radius 1 is 0.981 bits per heavy atom.